The van der Waals surface area contributed by atoms with Gasteiger partial charge in [0.2, 0.25) is 0 Å². The quantitative estimate of drug-likeness (QED) is 0.151. The minimum absolute atomic E-state index is 0.0264. The van der Waals surface area contributed by atoms with Crippen molar-refractivity contribution >= 4 is 15.8 Å². The van der Waals surface area contributed by atoms with Gasteiger partial charge in [-0.2, -0.15) is 0 Å². The molecule has 1 unspecified atom stereocenters. The monoisotopic (exact) mass is 576 g/mol. The summed E-state index contributed by atoms with van der Waals surface area (Å²) in [6, 6.07) is 8.74. The summed E-state index contributed by atoms with van der Waals surface area (Å²) in [6.07, 6.45) is 4.68. The molecular formula is C33H52O6S. The first-order valence-corrected chi connectivity index (χ1v) is 16.8. The van der Waals surface area contributed by atoms with Gasteiger partial charge in [-0.25, -0.2) is 8.42 Å². The van der Waals surface area contributed by atoms with Gasteiger partial charge in [-0.1, -0.05) is 58.9 Å². The second-order valence-electron chi connectivity index (χ2n) is 13.3. The number of ether oxygens (including phenoxy) is 3. The maximum atomic E-state index is 13.4. The van der Waals surface area contributed by atoms with Gasteiger partial charge in [0.05, 0.1) is 47.1 Å². The van der Waals surface area contributed by atoms with E-state index in [9.17, 15) is 13.2 Å². The number of hydrogen-bond donors (Lipinski definition) is 0. The Balaban J connectivity index is 1.70. The Morgan fingerprint density at radius 2 is 1.80 bits per heavy atom. The maximum Gasteiger partial charge on any atom is 0.311 e. The van der Waals surface area contributed by atoms with Crippen molar-refractivity contribution in [2.24, 2.45) is 29.1 Å². The predicted molar refractivity (Wildman–Crippen MR) is 160 cm³/mol. The molecule has 40 heavy (non-hydrogen) atoms. The molecule has 3 rings (SSSR count). The highest BCUT2D eigenvalue weighted by Crippen LogP contribution is 2.42. The molecule has 1 aromatic rings. The predicted octanol–water partition coefficient (Wildman–Crippen LogP) is 7.03. The zero-order valence-electron chi connectivity index (χ0n) is 25.7. The third-order valence-electron chi connectivity index (χ3n) is 8.92. The fourth-order valence-corrected chi connectivity index (χ4v) is 7.69. The molecule has 8 atom stereocenters. The molecule has 2 fully saturated rings. The number of sulfone groups is 1. The Labute approximate surface area is 243 Å². The Morgan fingerprint density at radius 3 is 2.42 bits per heavy atom. The molecule has 0 aliphatic carbocycles. The van der Waals surface area contributed by atoms with Crippen molar-refractivity contribution in [2.45, 2.75) is 116 Å². The van der Waals surface area contributed by atoms with E-state index in [2.05, 4.69) is 34.3 Å². The fourth-order valence-electron chi connectivity index (χ4n) is 5.90. The second kappa shape index (κ2) is 14.0. The fraction of sp³-hybridized carbons (Fsp3) is 0.727. The molecule has 2 aliphatic heterocycles. The van der Waals surface area contributed by atoms with Crippen molar-refractivity contribution in [1.29, 1.82) is 0 Å². The van der Waals surface area contributed by atoms with Crippen molar-refractivity contribution in [1.82, 2.24) is 0 Å². The molecule has 2 heterocycles. The van der Waals surface area contributed by atoms with E-state index in [4.69, 9.17) is 14.2 Å². The first-order valence-electron chi connectivity index (χ1n) is 15.2. The van der Waals surface area contributed by atoms with Gasteiger partial charge in [0, 0.05) is 12.3 Å². The van der Waals surface area contributed by atoms with Crippen molar-refractivity contribution in [3.63, 3.8) is 0 Å². The van der Waals surface area contributed by atoms with Crippen LogP contribution in [0.1, 0.15) is 87.0 Å². The average Bonchev–Trinajstić information content (AvgIpc) is 3.17. The number of carbonyl (C=O) groups is 1. The van der Waals surface area contributed by atoms with Crippen LogP contribution < -0.4 is 0 Å². The smallest absolute Gasteiger partial charge is 0.311 e. The van der Waals surface area contributed by atoms with E-state index < -0.39 is 15.3 Å². The van der Waals surface area contributed by atoms with E-state index >= 15 is 0 Å². The zero-order valence-corrected chi connectivity index (χ0v) is 26.5. The number of hydrogen-bond acceptors (Lipinski definition) is 6. The van der Waals surface area contributed by atoms with E-state index in [1.54, 1.807) is 24.3 Å². The maximum absolute atomic E-state index is 13.4. The van der Waals surface area contributed by atoms with Crippen LogP contribution in [0.25, 0.3) is 0 Å². The molecule has 0 amide bonds. The van der Waals surface area contributed by atoms with Crippen LogP contribution >= 0.6 is 0 Å². The van der Waals surface area contributed by atoms with Crippen LogP contribution in [0.15, 0.2) is 47.4 Å². The molecule has 226 valence electrons. The highest BCUT2D eigenvalue weighted by Gasteiger charge is 2.46. The summed E-state index contributed by atoms with van der Waals surface area (Å²) in [5, 5.41) is 0. The van der Waals surface area contributed by atoms with Crippen molar-refractivity contribution < 1.29 is 27.4 Å². The summed E-state index contributed by atoms with van der Waals surface area (Å²) in [5.41, 5.74) is 0.552. The van der Waals surface area contributed by atoms with Crippen LogP contribution in [0, 0.1) is 29.1 Å². The third kappa shape index (κ3) is 8.65. The summed E-state index contributed by atoms with van der Waals surface area (Å²) < 4.78 is 45.6. The molecule has 0 radical (unpaired) electrons. The van der Waals surface area contributed by atoms with Gasteiger partial charge in [-0.3, -0.25) is 4.79 Å². The molecule has 0 aromatic heterocycles. The Morgan fingerprint density at radius 1 is 1.12 bits per heavy atom. The summed E-state index contributed by atoms with van der Waals surface area (Å²) in [4.78, 5) is 12.5. The van der Waals surface area contributed by atoms with Crippen LogP contribution in [0.4, 0.5) is 0 Å². The molecule has 0 saturated carbocycles. The second-order valence-corrected chi connectivity index (χ2v) is 15.3. The van der Waals surface area contributed by atoms with E-state index in [-0.39, 0.29) is 48.0 Å². The molecule has 1 aromatic carbocycles. The van der Waals surface area contributed by atoms with E-state index in [0.29, 0.717) is 29.8 Å². The first-order chi connectivity index (χ1) is 18.7. The molecule has 2 saturated heterocycles. The van der Waals surface area contributed by atoms with Gasteiger partial charge in [0.15, 0.2) is 9.84 Å². The molecule has 0 spiro atoms. The average molecular weight is 577 g/mol. The lowest BCUT2D eigenvalue weighted by atomic mass is 9.81. The lowest BCUT2D eigenvalue weighted by Crippen LogP contribution is -2.38. The van der Waals surface area contributed by atoms with Crippen LogP contribution in [-0.2, 0) is 28.8 Å². The number of rotatable bonds is 12. The van der Waals surface area contributed by atoms with Gasteiger partial charge in [0.25, 0.3) is 0 Å². The van der Waals surface area contributed by atoms with Crippen LogP contribution in [-0.4, -0.2) is 51.2 Å². The van der Waals surface area contributed by atoms with Gasteiger partial charge in [-0.15, -0.1) is 0 Å². The lowest BCUT2D eigenvalue weighted by molar-refractivity contribution is -0.153. The highest BCUT2D eigenvalue weighted by molar-refractivity contribution is 7.91. The summed E-state index contributed by atoms with van der Waals surface area (Å²) in [7, 11) is -3.46. The molecule has 2 aliphatic rings. The Hall–Kier alpha value is -1.70. The van der Waals surface area contributed by atoms with Crippen LogP contribution in [0.2, 0.25) is 0 Å². The summed E-state index contributed by atoms with van der Waals surface area (Å²) >= 11 is 0. The topological polar surface area (TPSA) is 78.9 Å². The van der Waals surface area contributed by atoms with Gasteiger partial charge in [0.1, 0.15) is 0 Å². The Kier molecular flexibility index (Phi) is 11.5. The molecule has 0 N–H and O–H groups in total. The summed E-state index contributed by atoms with van der Waals surface area (Å²) in [6.45, 7) is 19.1. The normalized spacial score (nSPS) is 30.3. The highest BCUT2D eigenvalue weighted by atomic mass is 32.2. The third-order valence-corrected chi connectivity index (χ3v) is 10.7. The van der Waals surface area contributed by atoms with Crippen molar-refractivity contribution in [3.05, 3.63) is 42.5 Å². The lowest BCUT2D eigenvalue weighted by Gasteiger charge is -2.38. The number of benzene rings is 1. The minimum Gasteiger partial charge on any atom is -0.465 e. The first kappa shape index (κ1) is 32.8. The van der Waals surface area contributed by atoms with E-state index in [1.807, 2.05) is 26.8 Å². The van der Waals surface area contributed by atoms with Gasteiger partial charge < -0.3 is 14.2 Å². The zero-order chi connectivity index (χ0) is 29.7. The van der Waals surface area contributed by atoms with Crippen molar-refractivity contribution in [2.75, 3.05) is 12.4 Å². The van der Waals surface area contributed by atoms with Crippen LogP contribution in [0.5, 0.6) is 0 Å². The molecule has 6 nitrogen and oxygen atoms in total. The van der Waals surface area contributed by atoms with E-state index in [1.165, 1.54) is 0 Å². The minimum atomic E-state index is -3.46. The van der Waals surface area contributed by atoms with E-state index in [0.717, 1.165) is 37.7 Å². The van der Waals surface area contributed by atoms with Gasteiger partial charge >= 0.3 is 5.97 Å². The number of carbonyl (C=O) groups excluding carboxylic acids is 1. The van der Waals surface area contributed by atoms with Gasteiger partial charge in [-0.05, 0) is 81.9 Å². The largest absolute Gasteiger partial charge is 0.465 e. The summed E-state index contributed by atoms with van der Waals surface area (Å²) in [5.74, 6) is 0.685. The standard InChI is InChI=1S/C33H52O6S/c1-9-22(2)18-29-25(5)28(21-40(35,36)27-15-11-10-12-16-27)31(39-29)20-30-24(4)23(3)19-26(38-30)14-13-17-37-32(34)33(6,7)8/h10-12,15-16,22-23,25-26,28-31H,4,9,13-14,17-21H2,1-3,5-8H3/t22-,23-,25-,26+,28-,29-,30?,31+/m1/s1. The molecule has 0 bridgehead atoms. The van der Waals surface area contributed by atoms with Crippen molar-refractivity contribution in [3.8, 4) is 0 Å². The molecular weight excluding hydrogens is 524 g/mol. The SMILES string of the molecule is C=C1C(C[C@@H]2O[C@H](C[C@H](C)CC)[C@H](C)[C@H]2CS(=O)(=O)c2ccccc2)O[C@@H](CCCOC(=O)C(C)(C)C)C[C@H]1C. The number of esters is 1. The molecule has 7 heteroatoms. The Bertz CT molecular complexity index is 1080. The van der Waals surface area contributed by atoms with Crippen LogP contribution in [0.3, 0.4) is 0 Å².